The zero-order chi connectivity index (χ0) is 13.8. The van der Waals surface area contributed by atoms with Crippen LogP contribution in [0.4, 0.5) is 4.79 Å². The van der Waals surface area contributed by atoms with E-state index in [-0.39, 0.29) is 18.6 Å². The minimum Gasteiger partial charge on any atom is -0.481 e. The number of likely N-dealkylation sites (tertiary alicyclic amines) is 1. The number of nitrogens with zero attached hydrogens (tertiary/aromatic N) is 1. The van der Waals surface area contributed by atoms with Gasteiger partial charge in [-0.25, -0.2) is 4.79 Å². The van der Waals surface area contributed by atoms with Gasteiger partial charge < -0.3 is 20.1 Å². The van der Waals surface area contributed by atoms with Crippen LogP contribution in [0.25, 0.3) is 0 Å². The third kappa shape index (κ3) is 3.60. The number of hydrogen-bond acceptors (Lipinski definition) is 3. The molecule has 6 nitrogen and oxygen atoms in total. The summed E-state index contributed by atoms with van der Waals surface area (Å²) in [6, 6.07) is -0.290. The molecule has 18 heavy (non-hydrogen) atoms. The van der Waals surface area contributed by atoms with Crippen molar-refractivity contribution in [2.75, 3.05) is 26.3 Å². The molecule has 1 heterocycles. The fourth-order valence-electron chi connectivity index (χ4n) is 1.95. The van der Waals surface area contributed by atoms with E-state index in [1.54, 1.807) is 11.8 Å². The topological polar surface area (TPSA) is 78.9 Å². The Labute approximate surface area is 107 Å². The van der Waals surface area contributed by atoms with Gasteiger partial charge in [0, 0.05) is 19.7 Å². The smallest absolute Gasteiger partial charge is 0.317 e. The molecule has 1 aliphatic rings. The third-order valence-corrected chi connectivity index (χ3v) is 3.22. The minimum atomic E-state index is -0.847. The monoisotopic (exact) mass is 258 g/mol. The van der Waals surface area contributed by atoms with Gasteiger partial charge in [-0.05, 0) is 27.2 Å². The molecule has 0 aromatic carbocycles. The summed E-state index contributed by atoms with van der Waals surface area (Å²) < 4.78 is 5.21. The van der Waals surface area contributed by atoms with Gasteiger partial charge in [-0.2, -0.15) is 0 Å². The Morgan fingerprint density at radius 3 is 2.72 bits per heavy atom. The molecule has 0 spiro atoms. The van der Waals surface area contributed by atoms with Crippen LogP contribution in [-0.4, -0.2) is 54.4 Å². The van der Waals surface area contributed by atoms with Gasteiger partial charge in [-0.1, -0.05) is 0 Å². The average Bonchev–Trinajstić information content (AvgIpc) is 2.71. The second-order valence-corrected chi connectivity index (χ2v) is 5.05. The Morgan fingerprint density at radius 1 is 1.56 bits per heavy atom. The number of amides is 2. The molecule has 0 saturated carbocycles. The summed E-state index contributed by atoms with van der Waals surface area (Å²) in [7, 11) is 0. The van der Waals surface area contributed by atoms with E-state index in [1.807, 2.05) is 13.8 Å². The van der Waals surface area contributed by atoms with Gasteiger partial charge in [-0.3, -0.25) is 4.79 Å². The zero-order valence-electron chi connectivity index (χ0n) is 11.2. The van der Waals surface area contributed by atoms with Gasteiger partial charge in [0.2, 0.25) is 0 Å². The Kier molecular flexibility index (Phi) is 4.95. The summed E-state index contributed by atoms with van der Waals surface area (Å²) in [6.07, 6.45) is 0.496. The highest BCUT2D eigenvalue weighted by molar-refractivity contribution is 5.79. The molecule has 2 amide bonds. The molecule has 0 aromatic rings. The Morgan fingerprint density at radius 2 is 2.22 bits per heavy atom. The minimum absolute atomic E-state index is 0.0749. The van der Waals surface area contributed by atoms with Crippen LogP contribution < -0.4 is 5.32 Å². The van der Waals surface area contributed by atoms with Crippen molar-refractivity contribution in [3.63, 3.8) is 0 Å². The highest BCUT2D eigenvalue weighted by atomic mass is 16.5. The summed E-state index contributed by atoms with van der Waals surface area (Å²) in [5.41, 5.74) is -0.819. The van der Waals surface area contributed by atoms with Crippen LogP contribution in [0.5, 0.6) is 0 Å². The van der Waals surface area contributed by atoms with Gasteiger partial charge in [0.25, 0.3) is 0 Å². The molecule has 2 atom stereocenters. The standard InChI is InChI=1S/C12H22N2O4/c1-4-18-7-9(2)13-11(17)14-6-5-12(3,8-14)10(15)16/h9H,4-8H2,1-3H3,(H,13,17)(H,15,16). The van der Waals surface area contributed by atoms with Crippen molar-refractivity contribution >= 4 is 12.0 Å². The predicted octanol–water partition coefficient (Wildman–Crippen LogP) is 0.918. The number of aliphatic carboxylic acids is 1. The van der Waals surface area contributed by atoms with Gasteiger partial charge in [-0.15, -0.1) is 0 Å². The molecule has 0 aromatic heterocycles. The molecule has 6 heteroatoms. The molecule has 1 aliphatic heterocycles. The van der Waals surface area contributed by atoms with Crippen molar-refractivity contribution in [1.29, 1.82) is 0 Å². The van der Waals surface area contributed by atoms with Crippen molar-refractivity contribution in [1.82, 2.24) is 10.2 Å². The number of carbonyl (C=O) groups excluding carboxylic acids is 1. The third-order valence-electron chi connectivity index (χ3n) is 3.22. The molecule has 104 valence electrons. The lowest BCUT2D eigenvalue weighted by Gasteiger charge is -2.22. The molecular weight excluding hydrogens is 236 g/mol. The SMILES string of the molecule is CCOCC(C)NC(=O)N1CCC(C)(C(=O)O)C1. The normalized spacial score (nSPS) is 24.9. The van der Waals surface area contributed by atoms with Gasteiger partial charge in [0.05, 0.1) is 18.1 Å². The van der Waals surface area contributed by atoms with E-state index in [4.69, 9.17) is 9.84 Å². The molecule has 1 saturated heterocycles. The van der Waals surface area contributed by atoms with Gasteiger partial charge in [0.15, 0.2) is 0 Å². The average molecular weight is 258 g/mol. The first-order chi connectivity index (χ1) is 8.39. The number of urea groups is 1. The van der Waals surface area contributed by atoms with E-state index < -0.39 is 11.4 Å². The van der Waals surface area contributed by atoms with E-state index in [9.17, 15) is 9.59 Å². The fourth-order valence-corrected chi connectivity index (χ4v) is 1.95. The summed E-state index contributed by atoms with van der Waals surface area (Å²) in [6.45, 7) is 7.25. The van der Waals surface area contributed by atoms with Gasteiger partial charge >= 0.3 is 12.0 Å². The largest absolute Gasteiger partial charge is 0.481 e. The first-order valence-corrected chi connectivity index (χ1v) is 6.25. The van der Waals surface area contributed by atoms with Crippen LogP contribution in [0.15, 0.2) is 0 Å². The number of hydrogen-bond donors (Lipinski definition) is 2. The molecule has 1 fully saturated rings. The summed E-state index contributed by atoms with van der Waals surface area (Å²) in [5.74, 6) is -0.847. The van der Waals surface area contributed by atoms with Crippen LogP contribution in [0, 0.1) is 5.41 Å². The van der Waals surface area contributed by atoms with E-state index in [0.29, 0.717) is 26.2 Å². The lowest BCUT2D eigenvalue weighted by Crippen LogP contribution is -2.45. The second kappa shape index (κ2) is 6.04. The Bertz CT molecular complexity index is 321. The quantitative estimate of drug-likeness (QED) is 0.768. The molecule has 0 bridgehead atoms. The summed E-state index contributed by atoms with van der Waals surface area (Å²) in [4.78, 5) is 24.5. The van der Waals surface area contributed by atoms with E-state index in [0.717, 1.165) is 0 Å². The number of nitrogens with one attached hydrogen (secondary N) is 1. The van der Waals surface area contributed by atoms with Crippen LogP contribution in [0.2, 0.25) is 0 Å². The van der Waals surface area contributed by atoms with Crippen molar-refractivity contribution in [3.8, 4) is 0 Å². The first kappa shape index (κ1) is 14.8. The Balaban J connectivity index is 2.43. The fraction of sp³-hybridized carbons (Fsp3) is 0.833. The Hall–Kier alpha value is -1.30. The van der Waals surface area contributed by atoms with Gasteiger partial charge in [0.1, 0.15) is 0 Å². The maximum atomic E-state index is 11.9. The first-order valence-electron chi connectivity index (χ1n) is 6.25. The lowest BCUT2D eigenvalue weighted by molar-refractivity contribution is -0.147. The molecule has 0 aliphatic carbocycles. The number of rotatable bonds is 5. The molecular formula is C12H22N2O4. The van der Waals surface area contributed by atoms with Crippen LogP contribution in [-0.2, 0) is 9.53 Å². The highest BCUT2D eigenvalue weighted by Crippen LogP contribution is 2.29. The summed E-state index contributed by atoms with van der Waals surface area (Å²) >= 11 is 0. The number of ether oxygens (including phenoxy) is 1. The van der Waals surface area contributed by atoms with Crippen molar-refractivity contribution < 1.29 is 19.4 Å². The van der Waals surface area contributed by atoms with E-state index in [1.165, 1.54) is 0 Å². The molecule has 2 N–H and O–H groups in total. The van der Waals surface area contributed by atoms with Crippen molar-refractivity contribution in [2.45, 2.75) is 33.2 Å². The predicted molar refractivity (Wildman–Crippen MR) is 66.4 cm³/mol. The maximum absolute atomic E-state index is 11.9. The maximum Gasteiger partial charge on any atom is 0.317 e. The second-order valence-electron chi connectivity index (χ2n) is 5.05. The van der Waals surface area contributed by atoms with Crippen molar-refractivity contribution in [3.05, 3.63) is 0 Å². The van der Waals surface area contributed by atoms with Crippen LogP contribution >= 0.6 is 0 Å². The van der Waals surface area contributed by atoms with Crippen LogP contribution in [0.3, 0.4) is 0 Å². The van der Waals surface area contributed by atoms with Crippen molar-refractivity contribution in [2.24, 2.45) is 5.41 Å². The highest BCUT2D eigenvalue weighted by Gasteiger charge is 2.42. The number of carboxylic acid groups (broad SMARTS) is 1. The summed E-state index contributed by atoms with van der Waals surface area (Å²) in [5, 5.41) is 11.9. The zero-order valence-corrected chi connectivity index (χ0v) is 11.2. The van der Waals surface area contributed by atoms with E-state index in [2.05, 4.69) is 5.32 Å². The molecule has 1 rings (SSSR count). The van der Waals surface area contributed by atoms with Crippen LogP contribution in [0.1, 0.15) is 27.2 Å². The van der Waals surface area contributed by atoms with E-state index >= 15 is 0 Å². The number of carboxylic acids is 1. The lowest BCUT2D eigenvalue weighted by atomic mass is 9.90. The molecule has 2 unspecified atom stereocenters. The molecule has 0 radical (unpaired) electrons. The number of carbonyl (C=O) groups is 2.